The number of aryl methyl sites for hydroxylation is 1. The molecule has 114 valence electrons. The van der Waals surface area contributed by atoms with Gasteiger partial charge in [0.1, 0.15) is 5.75 Å². The highest BCUT2D eigenvalue weighted by Gasteiger charge is 2.25. The Morgan fingerprint density at radius 2 is 1.90 bits per heavy atom. The Morgan fingerprint density at radius 3 is 2.52 bits per heavy atom. The van der Waals surface area contributed by atoms with Gasteiger partial charge in [0.05, 0.1) is 6.10 Å². The quantitative estimate of drug-likeness (QED) is 0.840. The van der Waals surface area contributed by atoms with Crippen LogP contribution in [0.4, 0.5) is 0 Å². The maximum atomic E-state index is 10.7. The number of benzene rings is 1. The van der Waals surface area contributed by atoms with Gasteiger partial charge in [-0.3, -0.25) is 0 Å². The lowest BCUT2D eigenvalue weighted by Crippen LogP contribution is -2.28. The van der Waals surface area contributed by atoms with Crippen LogP contribution in [0.5, 0.6) is 5.75 Å². The maximum absolute atomic E-state index is 10.7. The summed E-state index contributed by atoms with van der Waals surface area (Å²) >= 11 is 0. The third kappa shape index (κ3) is 4.62. The third-order valence-corrected chi connectivity index (χ3v) is 4.00. The molecule has 2 unspecified atom stereocenters. The molecule has 2 rings (SSSR count). The van der Waals surface area contributed by atoms with Crippen molar-refractivity contribution in [2.75, 3.05) is 0 Å². The fourth-order valence-corrected chi connectivity index (χ4v) is 3.22. The summed E-state index contributed by atoms with van der Waals surface area (Å²) in [5.74, 6) is 1.20. The molecule has 1 N–H and O–H groups in total. The number of carbonyl (C=O) groups is 1. The highest BCUT2D eigenvalue weighted by molar-refractivity contribution is 5.86. The minimum Gasteiger partial charge on any atom is -0.490 e. The second-order valence-electron chi connectivity index (χ2n) is 6.37. The van der Waals surface area contributed by atoms with Crippen molar-refractivity contribution in [1.82, 2.24) is 0 Å². The zero-order valence-corrected chi connectivity index (χ0v) is 13.0. The molecule has 1 aromatic rings. The molecule has 0 heterocycles. The van der Waals surface area contributed by atoms with Gasteiger partial charge in [0.25, 0.3) is 0 Å². The van der Waals surface area contributed by atoms with Gasteiger partial charge in [-0.25, -0.2) is 4.79 Å². The number of rotatable bonds is 4. The molecule has 0 spiro atoms. The van der Waals surface area contributed by atoms with Crippen molar-refractivity contribution in [2.45, 2.75) is 46.1 Å². The van der Waals surface area contributed by atoms with E-state index in [4.69, 9.17) is 9.84 Å². The van der Waals surface area contributed by atoms with Crippen LogP contribution in [0.3, 0.4) is 0 Å². The highest BCUT2D eigenvalue weighted by Crippen LogP contribution is 2.32. The summed E-state index contributed by atoms with van der Waals surface area (Å²) < 4.78 is 6.17. The van der Waals surface area contributed by atoms with Crippen molar-refractivity contribution in [3.8, 4) is 5.75 Å². The number of ether oxygens (including phenoxy) is 1. The third-order valence-electron chi connectivity index (χ3n) is 4.00. The summed E-state index contributed by atoms with van der Waals surface area (Å²) in [6.07, 6.45) is 6.40. The topological polar surface area (TPSA) is 46.5 Å². The van der Waals surface area contributed by atoms with Gasteiger partial charge in [-0.15, -0.1) is 0 Å². The Labute approximate surface area is 126 Å². The zero-order chi connectivity index (χ0) is 15.4. The first-order valence-corrected chi connectivity index (χ1v) is 7.62. The van der Waals surface area contributed by atoms with Gasteiger partial charge < -0.3 is 9.84 Å². The van der Waals surface area contributed by atoms with E-state index < -0.39 is 5.97 Å². The second kappa shape index (κ2) is 6.79. The van der Waals surface area contributed by atoms with Crippen LogP contribution in [0.2, 0.25) is 0 Å². The number of aliphatic carboxylic acids is 1. The minimum atomic E-state index is -0.942. The lowest BCUT2D eigenvalue weighted by atomic mass is 9.82. The lowest BCUT2D eigenvalue weighted by Gasteiger charge is -2.32. The predicted octanol–water partition coefficient (Wildman–Crippen LogP) is 4.30. The molecule has 1 aliphatic carbocycles. The Hall–Kier alpha value is -1.77. The highest BCUT2D eigenvalue weighted by atomic mass is 16.5. The van der Waals surface area contributed by atoms with Crippen LogP contribution in [-0.2, 0) is 4.79 Å². The van der Waals surface area contributed by atoms with Gasteiger partial charge in [-0.1, -0.05) is 25.5 Å². The van der Waals surface area contributed by atoms with E-state index >= 15 is 0 Å². The molecule has 1 aliphatic rings. The Morgan fingerprint density at radius 1 is 1.24 bits per heavy atom. The van der Waals surface area contributed by atoms with Crippen molar-refractivity contribution in [2.24, 2.45) is 11.8 Å². The summed E-state index contributed by atoms with van der Waals surface area (Å²) in [5.41, 5.74) is 1.93. The molecule has 0 aromatic heterocycles. The van der Waals surface area contributed by atoms with E-state index in [0.29, 0.717) is 11.8 Å². The van der Waals surface area contributed by atoms with Crippen LogP contribution in [0.15, 0.2) is 24.3 Å². The van der Waals surface area contributed by atoms with Crippen LogP contribution >= 0.6 is 0 Å². The zero-order valence-electron chi connectivity index (χ0n) is 13.0. The SMILES string of the molecule is Cc1ccc(OC2CC(C)CC(C)C2)c(C=CC(=O)O)c1. The number of carboxylic acids is 1. The Balaban J connectivity index is 2.17. The molecule has 21 heavy (non-hydrogen) atoms. The Kier molecular flexibility index (Phi) is 5.05. The molecular formula is C18H24O3. The molecule has 0 bridgehead atoms. The van der Waals surface area contributed by atoms with Gasteiger partial charge in [-0.05, 0) is 56.2 Å². The molecular weight excluding hydrogens is 264 g/mol. The molecule has 0 saturated heterocycles. The molecule has 2 atom stereocenters. The molecule has 1 saturated carbocycles. The normalized spacial score (nSPS) is 26.0. The van der Waals surface area contributed by atoms with Gasteiger partial charge in [-0.2, -0.15) is 0 Å². The molecule has 3 nitrogen and oxygen atoms in total. The van der Waals surface area contributed by atoms with Gasteiger partial charge >= 0.3 is 5.97 Å². The summed E-state index contributed by atoms with van der Waals surface area (Å²) in [6.45, 7) is 6.53. The van der Waals surface area contributed by atoms with E-state index in [1.54, 1.807) is 6.08 Å². The number of hydrogen-bond acceptors (Lipinski definition) is 2. The fraction of sp³-hybridized carbons (Fsp3) is 0.500. The van der Waals surface area contributed by atoms with E-state index in [1.807, 2.05) is 25.1 Å². The monoisotopic (exact) mass is 288 g/mol. The number of carboxylic acid groups (broad SMARTS) is 1. The first kappa shape index (κ1) is 15.6. The van der Waals surface area contributed by atoms with Crippen molar-refractivity contribution < 1.29 is 14.6 Å². The van der Waals surface area contributed by atoms with Crippen molar-refractivity contribution in [1.29, 1.82) is 0 Å². The average molecular weight is 288 g/mol. The van der Waals surface area contributed by atoms with E-state index in [9.17, 15) is 4.79 Å². The molecule has 0 amide bonds. The van der Waals surface area contributed by atoms with Gasteiger partial charge in [0, 0.05) is 11.6 Å². The van der Waals surface area contributed by atoms with Crippen LogP contribution in [0, 0.1) is 18.8 Å². The van der Waals surface area contributed by atoms with Crippen molar-refractivity contribution >= 4 is 12.0 Å². The molecule has 3 heteroatoms. The van der Waals surface area contributed by atoms with Crippen molar-refractivity contribution in [3.63, 3.8) is 0 Å². The van der Waals surface area contributed by atoms with Crippen LogP contribution in [0.25, 0.3) is 6.08 Å². The average Bonchev–Trinajstić information content (AvgIpc) is 2.37. The lowest BCUT2D eigenvalue weighted by molar-refractivity contribution is -0.131. The molecule has 1 fully saturated rings. The minimum absolute atomic E-state index is 0.225. The van der Waals surface area contributed by atoms with Crippen LogP contribution < -0.4 is 4.74 Å². The first-order chi connectivity index (χ1) is 9.94. The maximum Gasteiger partial charge on any atom is 0.328 e. The van der Waals surface area contributed by atoms with E-state index in [-0.39, 0.29) is 6.10 Å². The van der Waals surface area contributed by atoms with E-state index in [0.717, 1.165) is 35.8 Å². The summed E-state index contributed by atoms with van der Waals surface area (Å²) in [5, 5.41) is 8.80. The predicted molar refractivity (Wildman–Crippen MR) is 84.4 cm³/mol. The summed E-state index contributed by atoms with van der Waals surface area (Å²) in [7, 11) is 0. The fourth-order valence-electron chi connectivity index (χ4n) is 3.22. The molecule has 1 aromatic carbocycles. The smallest absolute Gasteiger partial charge is 0.328 e. The summed E-state index contributed by atoms with van der Waals surface area (Å²) in [4.78, 5) is 10.7. The second-order valence-corrected chi connectivity index (χ2v) is 6.37. The molecule has 0 radical (unpaired) electrons. The van der Waals surface area contributed by atoms with Gasteiger partial charge in [0.15, 0.2) is 0 Å². The Bertz CT molecular complexity index is 523. The van der Waals surface area contributed by atoms with Crippen molar-refractivity contribution in [3.05, 3.63) is 35.4 Å². The van der Waals surface area contributed by atoms with E-state index in [1.165, 1.54) is 6.42 Å². The molecule has 0 aliphatic heterocycles. The van der Waals surface area contributed by atoms with Crippen LogP contribution in [-0.4, -0.2) is 17.2 Å². The van der Waals surface area contributed by atoms with E-state index in [2.05, 4.69) is 13.8 Å². The standard InChI is InChI=1S/C18H24O3/c1-12-4-6-17(15(9-12)5-7-18(19)20)21-16-10-13(2)8-14(3)11-16/h4-7,9,13-14,16H,8,10-11H2,1-3H3,(H,19,20). The number of hydrogen-bond donors (Lipinski definition) is 1. The first-order valence-electron chi connectivity index (χ1n) is 7.62. The summed E-state index contributed by atoms with van der Waals surface area (Å²) in [6, 6.07) is 5.91. The van der Waals surface area contributed by atoms with Crippen LogP contribution in [0.1, 0.15) is 44.2 Å². The van der Waals surface area contributed by atoms with Gasteiger partial charge in [0.2, 0.25) is 0 Å². The largest absolute Gasteiger partial charge is 0.490 e.